The molecular formula is C12H14N2O. The van der Waals surface area contributed by atoms with Crippen molar-refractivity contribution in [1.29, 1.82) is 0 Å². The van der Waals surface area contributed by atoms with Gasteiger partial charge in [-0.05, 0) is 31.4 Å². The van der Waals surface area contributed by atoms with Crippen LogP contribution in [0.15, 0.2) is 36.0 Å². The molecule has 1 heterocycles. The number of benzene rings is 1. The number of allylic oxidation sites excluding steroid dienone is 1. The number of carbonyl (C=O) groups is 1. The molecule has 3 nitrogen and oxygen atoms in total. The molecule has 1 aromatic rings. The maximum atomic E-state index is 11.3. The highest BCUT2D eigenvalue weighted by Crippen LogP contribution is 2.27. The summed E-state index contributed by atoms with van der Waals surface area (Å²) in [5.74, 6) is 0. The number of hydrogen-bond donors (Lipinski definition) is 1. The minimum Gasteiger partial charge on any atom is -0.351 e. The lowest BCUT2D eigenvalue weighted by molar-refractivity contribution is 0.256. The summed E-state index contributed by atoms with van der Waals surface area (Å²) in [5.41, 5.74) is 8.60. The second-order valence-corrected chi connectivity index (χ2v) is 3.81. The molecule has 0 saturated carbocycles. The first-order chi connectivity index (χ1) is 7.18. The smallest absolute Gasteiger partial charge is 0.323 e. The normalized spacial score (nSPS) is 15.3. The summed E-state index contributed by atoms with van der Waals surface area (Å²) >= 11 is 0. The van der Waals surface area contributed by atoms with Gasteiger partial charge in [-0.1, -0.05) is 23.8 Å². The molecule has 0 spiro atoms. The fourth-order valence-corrected chi connectivity index (χ4v) is 1.83. The number of primary amides is 1. The number of para-hydroxylation sites is 1. The van der Waals surface area contributed by atoms with E-state index in [9.17, 15) is 4.79 Å². The Labute approximate surface area is 89.2 Å². The molecule has 2 amide bonds. The van der Waals surface area contributed by atoms with Crippen molar-refractivity contribution in [2.24, 2.45) is 5.73 Å². The van der Waals surface area contributed by atoms with Gasteiger partial charge < -0.3 is 5.73 Å². The van der Waals surface area contributed by atoms with E-state index in [0.29, 0.717) is 0 Å². The van der Waals surface area contributed by atoms with Crippen molar-refractivity contribution < 1.29 is 4.79 Å². The summed E-state index contributed by atoms with van der Waals surface area (Å²) in [4.78, 5) is 12.8. The zero-order valence-electron chi connectivity index (χ0n) is 8.73. The van der Waals surface area contributed by atoms with Crippen LogP contribution in [-0.4, -0.2) is 6.03 Å². The number of urea groups is 1. The monoisotopic (exact) mass is 202 g/mol. The quantitative estimate of drug-likeness (QED) is 0.690. The van der Waals surface area contributed by atoms with E-state index >= 15 is 0 Å². The van der Waals surface area contributed by atoms with Crippen molar-refractivity contribution in [2.75, 3.05) is 4.90 Å². The van der Waals surface area contributed by atoms with Crippen molar-refractivity contribution in [3.8, 4) is 0 Å². The van der Waals surface area contributed by atoms with Crippen LogP contribution in [0.5, 0.6) is 0 Å². The average molecular weight is 202 g/mol. The van der Waals surface area contributed by atoms with Crippen LogP contribution in [0.3, 0.4) is 0 Å². The number of amides is 2. The molecule has 0 bridgehead atoms. The molecule has 0 unspecified atom stereocenters. The number of anilines is 1. The van der Waals surface area contributed by atoms with Gasteiger partial charge >= 0.3 is 6.03 Å². The maximum Gasteiger partial charge on any atom is 0.323 e. The molecule has 0 radical (unpaired) electrons. The van der Waals surface area contributed by atoms with Crippen molar-refractivity contribution in [3.05, 3.63) is 41.6 Å². The van der Waals surface area contributed by atoms with Crippen LogP contribution >= 0.6 is 0 Å². The fraction of sp³-hybridized carbons (Fsp3) is 0.250. The molecule has 3 heteroatoms. The van der Waals surface area contributed by atoms with Crippen molar-refractivity contribution in [2.45, 2.75) is 19.8 Å². The summed E-state index contributed by atoms with van der Waals surface area (Å²) in [5, 5.41) is 0. The largest absolute Gasteiger partial charge is 0.351 e. The molecule has 0 atom stereocenters. The SMILES string of the molecule is CC1=CN(C(N)=O)c2ccccc2CC1. The van der Waals surface area contributed by atoms with Gasteiger partial charge in [0, 0.05) is 6.20 Å². The number of fused-ring (bicyclic) bond motifs is 1. The topological polar surface area (TPSA) is 46.3 Å². The molecular weight excluding hydrogens is 188 g/mol. The predicted molar refractivity (Wildman–Crippen MR) is 60.6 cm³/mol. The Kier molecular flexibility index (Phi) is 2.46. The van der Waals surface area contributed by atoms with Crippen LogP contribution in [0.2, 0.25) is 0 Å². The highest BCUT2D eigenvalue weighted by atomic mass is 16.2. The molecule has 1 aromatic carbocycles. The van der Waals surface area contributed by atoms with E-state index < -0.39 is 6.03 Å². The predicted octanol–water partition coefficient (Wildman–Crippen LogP) is 2.42. The lowest BCUT2D eigenvalue weighted by Gasteiger charge is -2.17. The van der Waals surface area contributed by atoms with Gasteiger partial charge in [-0.2, -0.15) is 0 Å². The third kappa shape index (κ3) is 1.86. The number of rotatable bonds is 0. The number of nitrogens with zero attached hydrogens (tertiary/aromatic N) is 1. The standard InChI is InChI=1S/C12H14N2O/c1-9-6-7-10-4-2-3-5-11(10)14(8-9)12(13)15/h2-5,8H,6-7H2,1H3,(H2,13,15). The van der Waals surface area contributed by atoms with E-state index in [1.165, 1.54) is 16.0 Å². The van der Waals surface area contributed by atoms with Gasteiger partial charge in [0.05, 0.1) is 5.69 Å². The van der Waals surface area contributed by atoms with E-state index in [-0.39, 0.29) is 0 Å². The molecule has 1 aliphatic heterocycles. The second-order valence-electron chi connectivity index (χ2n) is 3.81. The Morgan fingerprint density at radius 2 is 2.07 bits per heavy atom. The Morgan fingerprint density at radius 3 is 2.80 bits per heavy atom. The van der Waals surface area contributed by atoms with Crippen molar-refractivity contribution in [1.82, 2.24) is 0 Å². The van der Waals surface area contributed by atoms with Crippen LogP contribution in [0.4, 0.5) is 10.5 Å². The van der Waals surface area contributed by atoms with Gasteiger partial charge in [0.25, 0.3) is 0 Å². The van der Waals surface area contributed by atoms with Crippen LogP contribution in [-0.2, 0) is 6.42 Å². The summed E-state index contributed by atoms with van der Waals surface area (Å²) in [6.07, 6.45) is 3.76. The molecule has 15 heavy (non-hydrogen) atoms. The fourth-order valence-electron chi connectivity index (χ4n) is 1.83. The van der Waals surface area contributed by atoms with E-state index in [4.69, 9.17) is 5.73 Å². The summed E-state index contributed by atoms with van der Waals surface area (Å²) in [6, 6.07) is 7.44. The third-order valence-electron chi connectivity index (χ3n) is 2.63. The Bertz CT molecular complexity index is 423. The lowest BCUT2D eigenvalue weighted by Crippen LogP contribution is -2.31. The number of nitrogens with two attached hydrogens (primary N) is 1. The van der Waals surface area contributed by atoms with Crippen molar-refractivity contribution in [3.63, 3.8) is 0 Å². The zero-order chi connectivity index (χ0) is 10.8. The first kappa shape index (κ1) is 9.77. The molecule has 0 fully saturated rings. The summed E-state index contributed by atoms with van der Waals surface area (Å²) in [7, 11) is 0. The molecule has 2 rings (SSSR count). The van der Waals surface area contributed by atoms with Crippen LogP contribution < -0.4 is 10.6 Å². The average Bonchev–Trinajstić information content (AvgIpc) is 2.39. The third-order valence-corrected chi connectivity index (χ3v) is 2.63. The Morgan fingerprint density at radius 1 is 1.33 bits per heavy atom. The first-order valence-electron chi connectivity index (χ1n) is 5.02. The van der Waals surface area contributed by atoms with Crippen LogP contribution in [0, 0.1) is 0 Å². The minimum atomic E-state index is -0.427. The molecule has 1 aliphatic rings. The van der Waals surface area contributed by atoms with Crippen LogP contribution in [0.1, 0.15) is 18.9 Å². The highest BCUT2D eigenvalue weighted by Gasteiger charge is 2.16. The second kappa shape index (κ2) is 3.77. The highest BCUT2D eigenvalue weighted by molar-refractivity contribution is 5.93. The Hall–Kier alpha value is -1.77. The maximum absolute atomic E-state index is 11.3. The number of carbonyl (C=O) groups excluding carboxylic acids is 1. The van der Waals surface area contributed by atoms with E-state index in [2.05, 4.69) is 0 Å². The first-order valence-corrected chi connectivity index (χ1v) is 5.02. The molecule has 2 N–H and O–H groups in total. The van der Waals surface area contributed by atoms with Gasteiger partial charge in [0.1, 0.15) is 0 Å². The van der Waals surface area contributed by atoms with E-state index in [0.717, 1.165) is 18.5 Å². The van der Waals surface area contributed by atoms with Gasteiger partial charge in [-0.15, -0.1) is 0 Å². The van der Waals surface area contributed by atoms with Gasteiger partial charge in [0.2, 0.25) is 0 Å². The lowest BCUT2D eigenvalue weighted by atomic mass is 10.1. The Balaban J connectivity index is 2.51. The summed E-state index contributed by atoms with van der Waals surface area (Å²) in [6.45, 7) is 2.02. The van der Waals surface area contributed by atoms with Gasteiger partial charge in [0.15, 0.2) is 0 Å². The molecule has 0 saturated heterocycles. The van der Waals surface area contributed by atoms with Gasteiger partial charge in [-0.3, -0.25) is 4.90 Å². The summed E-state index contributed by atoms with van der Waals surface area (Å²) < 4.78 is 0. The minimum absolute atomic E-state index is 0.427. The zero-order valence-corrected chi connectivity index (χ0v) is 8.73. The van der Waals surface area contributed by atoms with Crippen LogP contribution in [0.25, 0.3) is 0 Å². The van der Waals surface area contributed by atoms with Crippen molar-refractivity contribution >= 4 is 11.7 Å². The number of aryl methyl sites for hydroxylation is 1. The molecule has 0 aromatic heterocycles. The molecule has 0 aliphatic carbocycles. The van der Waals surface area contributed by atoms with Gasteiger partial charge in [-0.25, -0.2) is 4.79 Å². The number of hydrogen-bond acceptors (Lipinski definition) is 1. The molecule has 78 valence electrons. The van der Waals surface area contributed by atoms with E-state index in [1.54, 1.807) is 0 Å². The van der Waals surface area contributed by atoms with E-state index in [1.807, 2.05) is 37.4 Å².